The summed E-state index contributed by atoms with van der Waals surface area (Å²) in [4.78, 5) is 29.5. The molecular formula is C27H31N3O4. The number of carbonyl (C=O) groups is 2. The van der Waals surface area contributed by atoms with Crippen molar-refractivity contribution in [3.8, 4) is 11.5 Å². The molecule has 1 aromatic heterocycles. The van der Waals surface area contributed by atoms with Crippen LogP contribution < -0.4 is 19.7 Å². The summed E-state index contributed by atoms with van der Waals surface area (Å²) in [6.07, 6.45) is 5.39. The van der Waals surface area contributed by atoms with Crippen molar-refractivity contribution in [2.75, 3.05) is 19.1 Å². The highest BCUT2D eigenvalue weighted by molar-refractivity contribution is 6.14. The summed E-state index contributed by atoms with van der Waals surface area (Å²) in [5, 5.41) is 4.25. The fraction of sp³-hybridized carbons (Fsp3) is 0.407. The maximum atomic E-state index is 14.0. The quantitative estimate of drug-likeness (QED) is 0.606. The van der Waals surface area contributed by atoms with Crippen molar-refractivity contribution >= 4 is 28.4 Å². The smallest absolute Gasteiger partial charge is 0.275 e. The molecule has 1 N–H and O–H groups in total. The third-order valence-corrected chi connectivity index (χ3v) is 7.25. The number of benzene rings is 2. The van der Waals surface area contributed by atoms with Gasteiger partial charge in [-0.2, -0.15) is 0 Å². The highest BCUT2D eigenvalue weighted by Gasteiger charge is 2.49. The Labute approximate surface area is 199 Å². The number of ether oxygens (including phenoxy) is 2. The number of hydrogen-bond acceptors (Lipinski definition) is 4. The van der Waals surface area contributed by atoms with Crippen LogP contribution in [-0.4, -0.2) is 42.2 Å². The zero-order valence-electron chi connectivity index (χ0n) is 20.0. The molecule has 178 valence electrons. The predicted octanol–water partition coefficient (Wildman–Crippen LogP) is 4.53. The highest BCUT2D eigenvalue weighted by Crippen LogP contribution is 2.39. The molecule has 0 saturated heterocycles. The molecular weight excluding hydrogens is 430 g/mol. The fourth-order valence-corrected chi connectivity index (χ4v) is 5.40. The Morgan fingerprint density at radius 3 is 2.47 bits per heavy atom. The topological polar surface area (TPSA) is 72.8 Å². The van der Waals surface area contributed by atoms with E-state index in [0.717, 1.165) is 36.6 Å². The van der Waals surface area contributed by atoms with Crippen molar-refractivity contribution in [3.63, 3.8) is 0 Å². The third-order valence-electron chi connectivity index (χ3n) is 7.25. The SMILES string of the molecule is COc1ccc(N2C(=O)c3cc4ccccc4n3C[C@]2(C)C(=O)NC2CCCCC2)cc1OC. The Hall–Kier alpha value is -3.48. The van der Waals surface area contributed by atoms with E-state index < -0.39 is 5.54 Å². The van der Waals surface area contributed by atoms with E-state index in [1.807, 2.05) is 47.9 Å². The van der Waals surface area contributed by atoms with E-state index in [1.165, 1.54) is 6.42 Å². The van der Waals surface area contributed by atoms with Gasteiger partial charge in [-0.15, -0.1) is 0 Å². The summed E-state index contributed by atoms with van der Waals surface area (Å²) in [6.45, 7) is 2.21. The van der Waals surface area contributed by atoms with Gasteiger partial charge in [0.2, 0.25) is 5.91 Å². The minimum atomic E-state index is -1.12. The second-order valence-electron chi connectivity index (χ2n) is 9.44. The molecule has 1 fully saturated rings. The lowest BCUT2D eigenvalue weighted by molar-refractivity contribution is -0.127. The second-order valence-corrected chi connectivity index (χ2v) is 9.44. The lowest BCUT2D eigenvalue weighted by Gasteiger charge is -2.44. The first-order valence-corrected chi connectivity index (χ1v) is 11.9. The molecule has 1 aliphatic heterocycles. The molecule has 0 spiro atoms. The number of methoxy groups -OCH3 is 2. The molecule has 2 heterocycles. The lowest BCUT2D eigenvalue weighted by atomic mass is 9.91. The monoisotopic (exact) mass is 461 g/mol. The van der Waals surface area contributed by atoms with Gasteiger partial charge in [-0.25, -0.2) is 0 Å². The van der Waals surface area contributed by atoms with Gasteiger partial charge in [-0.05, 0) is 44.0 Å². The number of anilines is 1. The van der Waals surface area contributed by atoms with Crippen LogP contribution in [0.15, 0.2) is 48.5 Å². The molecule has 0 bridgehead atoms. The molecule has 1 aliphatic carbocycles. The number of hydrogen-bond donors (Lipinski definition) is 1. The molecule has 2 aromatic carbocycles. The molecule has 1 atom stereocenters. The lowest BCUT2D eigenvalue weighted by Crippen LogP contribution is -2.65. The first-order chi connectivity index (χ1) is 16.5. The van der Waals surface area contributed by atoms with Gasteiger partial charge in [-0.1, -0.05) is 37.5 Å². The van der Waals surface area contributed by atoms with Crippen LogP contribution in [0.1, 0.15) is 49.5 Å². The van der Waals surface area contributed by atoms with Gasteiger partial charge in [0, 0.05) is 28.7 Å². The van der Waals surface area contributed by atoms with Gasteiger partial charge >= 0.3 is 0 Å². The van der Waals surface area contributed by atoms with E-state index >= 15 is 0 Å². The molecule has 34 heavy (non-hydrogen) atoms. The van der Waals surface area contributed by atoms with Gasteiger partial charge in [0.25, 0.3) is 5.91 Å². The van der Waals surface area contributed by atoms with Crippen LogP contribution in [0.2, 0.25) is 0 Å². The van der Waals surface area contributed by atoms with Crippen LogP contribution in [0, 0.1) is 0 Å². The Bertz CT molecular complexity index is 1240. The molecule has 0 radical (unpaired) electrons. The molecule has 2 aliphatic rings. The normalized spacial score (nSPS) is 20.8. The van der Waals surface area contributed by atoms with Crippen LogP contribution in [0.3, 0.4) is 0 Å². The summed E-state index contributed by atoms with van der Waals surface area (Å²) in [7, 11) is 3.14. The predicted molar refractivity (Wildman–Crippen MR) is 132 cm³/mol. The zero-order valence-corrected chi connectivity index (χ0v) is 20.0. The number of amides is 2. The van der Waals surface area contributed by atoms with Crippen LogP contribution in [0.4, 0.5) is 5.69 Å². The van der Waals surface area contributed by atoms with Gasteiger partial charge in [0.05, 0.1) is 20.8 Å². The molecule has 0 unspecified atom stereocenters. The number of nitrogens with one attached hydrogen (secondary N) is 1. The summed E-state index contributed by atoms with van der Waals surface area (Å²) >= 11 is 0. The molecule has 1 saturated carbocycles. The summed E-state index contributed by atoms with van der Waals surface area (Å²) < 4.78 is 12.9. The third kappa shape index (κ3) is 3.59. The van der Waals surface area contributed by atoms with Crippen LogP contribution in [0.25, 0.3) is 10.9 Å². The van der Waals surface area contributed by atoms with Gasteiger partial charge in [-0.3, -0.25) is 14.5 Å². The minimum Gasteiger partial charge on any atom is -0.493 e. The maximum absolute atomic E-state index is 14.0. The van der Waals surface area contributed by atoms with E-state index in [-0.39, 0.29) is 17.9 Å². The van der Waals surface area contributed by atoms with E-state index in [4.69, 9.17) is 9.47 Å². The highest BCUT2D eigenvalue weighted by atomic mass is 16.5. The number of fused-ring (bicyclic) bond motifs is 3. The Morgan fingerprint density at radius 2 is 1.74 bits per heavy atom. The standard InChI is InChI=1S/C27H31N3O4/c1-27(26(32)28-19-10-5-4-6-11-19)17-29-21-12-8-7-9-18(21)15-22(29)25(31)30(27)20-13-14-23(33-2)24(16-20)34-3/h7-9,12-16,19H,4-6,10-11,17H2,1-3H3,(H,28,32)/t27-/m1/s1. The van der Waals surface area contributed by atoms with Crippen molar-refractivity contribution in [1.82, 2.24) is 9.88 Å². The first kappa shape index (κ1) is 22.3. The van der Waals surface area contributed by atoms with Crippen LogP contribution >= 0.6 is 0 Å². The second kappa shape index (κ2) is 8.70. The molecule has 3 aromatic rings. The number of nitrogens with zero attached hydrogens (tertiary/aromatic N) is 2. The summed E-state index contributed by atoms with van der Waals surface area (Å²) in [6, 6.07) is 15.3. The Morgan fingerprint density at radius 1 is 1.00 bits per heavy atom. The fourth-order valence-electron chi connectivity index (χ4n) is 5.40. The average molecular weight is 462 g/mol. The maximum Gasteiger partial charge on any atom is 0.275 e. The van der Waals surface area contributed by atoms with E-state index in [0.29, 0.717) is 29.4 Å². The van der Waals surface area contributed by atoms with E-state index in [9.17, 15) is 9.59 Å². The Balaban J connectivity index is 1.62. The first-order valence-electron chi connectivity index (χ1n) is 11.9. The van der Waals surface area contributed by atoms with Crippen molar-refractivity contribution < 1.29 is 19.1 Å². The van der Waals surface area contributed by atoms with E-state index in [1.54, 1.807) is 31.3 Å². The number of rotatable bonds is 5. The van der Waals surface area contributed by atoms with Crippen molar-refractivity contribution in [3.05, 3.63) is 54.2 Å². The number of para-hydroxylation sites is 1. The van der Waals surface area contributed by atoms with Gasteiger partial charge in [0.15, 0.2) is 11.5 Å². The summed E-state index contributed by atoms with van der Waals surface area (Å²) in [5.41, 5.74) is 0.997. The van der Waals surface area contributed by atoms with Gasteiger partial charge < -0.3 is 19.4 Å². The molecule has 7 nitrogen and oxygen atoms in total. The number of carbonyl (C=O) groups excluding carboxylic acids is 2. The minimum absolute atomic E-state index is 0.133. The van der Waals surface area contributed by atoms with Crippen molar-refractivity contribution in [1.29, 1.82) is 0 Å². The largest absolute Gasteiger partial charge is 0.493 e. The zero-order chi connectivity index (χ0) is 23.9. The molecule has 2 amide bonds. The number of aromatic nitrogens is 1. The van der Waals surface area contributed by atoms with Crippen molar-refractivity contribution in [2.45, 2.75) is 57.2 Å². The molecule has 5 rings (SSSR count). The van der Waals surface area contributed by atoms with Gasteiger partial charge in [0.1, 0.15) is 11.2 Å². The summed E-state index contributed by atoms with van der Waals surface area (Å²) in [5.74, 6) is 0.731. The Kier molecular flexibility index (Phi) is 5.71. The van der Waals surface area contributed by atoms with Crippen LogP contribution in [-0.2, 0) is 11.3 Å². The van der Waals surface area contributed by atoms with Crippen LogP contribution in [0.5, 0.6) is 11.5 Å². The average Bonchev–Trinajstić information content (AvgIpc) is 3.23. The van der Waals surface area contributed by atoms with Crippen molar-refractivity contribution in [2.24, 2.45) is 0 Å². The molecule has 7 heteroatoms. The van der Waals surface area contributed by atoms with E-state index in [2.05, 4.69) is 5.32 Å².